The van der Waals surface area contributed by atoms with E-state index in [2.05, 4.69) is 59.4 Å². The van der Waals surface area contributed by atoms with Crippen LogP contribution in [0.15, 0.2) is 28.7 Å². The Morgan fingerprint density at radius 3 is 2.36 bits per heavy atom. The number of halogens is 2. The maximum atomic E-state index is 5.60. The molecule has 0 aliphatic carbocycles. The lowest BCUT2D eigenvalue weighted by molar-refractivity contribution is 0.489. The van der Waals surface area contributed by atoms with E-state index in [1.54, 1.807) is 0 Å². The summed E-state index contributed by atoms with van der Waals surface area (Å²) in [6.07, 6.45) is 0. The fourth-order valence-electron chi connectivity index (χ4n) is 1.36. The maximum absolute atomic E-state index is 5.60. The molecule has 1 N–H and O–H groups in total. The lowest BCUT2D eigenvalue weighted by atomic mass is 9.85. The Kier molecular flexibility index (Phi) is 4.42. The van der Waals surface area contributed by atoms with Crippen molar-refractivity contribution < 1.29 is 0 Å². The van der Waals surface area contributed by atoms with Gasteiger partial charge in [-0.05, 0) is 17.7 Å². The predicted molar refractivity (Wildman–Crippen MR) is 65.9 cm³/mol. The van der Waals surface area contributed by atoms with Gasteiger partial charge < -0.3 is 5.32 Å². The van der Waals surface area contributed by atoms with E-state index in [0.29, 0.717) is 6.00 Å². The highest BCUT2D eigenvalue weighted by Gasteiger charge is 2.19. The highest BCUT2D eigenvalue weighted by atomic mass is 79.9. The summed E-state index contributed by atoms with van der Waals surface area (Å²) in [5.41, 5.74) is 1.44. The zero-order valence-corrected chi connectivity index (χ0v) is 10.8. The van der Waals surface area contributed by atoms with Gasteiger partial charge in [0, 0.05) is 16.4 Å². The van der Waals surface area contributed by atoms with Gasteiger partial charge in [0.15, 0.2) is 0 Å². The Labute approximate surface area is 99.0 Å². The Bertz CT molecular complexity index is 282. The van der Waals surface area contributed by atoms with E-state index in [4.69, 9.17) is 11.6 Å². The summed E-state index contributed by atoms with van der Waals surface area (Å²) in [4.78, 5) is 0. The van der Waals surface area contributed by atoms with Crippen LogP contribution in [0.2, 0.25) is 0 Å². The molecule has 0 heterocycles. The first-order valence-electron chi connectivity index (χ1n) is 4.59. The van der Waals surface area contributed by atoms with Gasteiger partial charge in [0.2, 0.25) is 0 Å². The Morgan fingerprint density at radius 2 is 1.86 bits per heavy atom. The maximum Gasteiger partial charge on any atom is 0.0713 e. The number of hydrogen-bond donors (Lipinski definition) is 1. The summed E-state index contributed by atoms with van der Waals surface area (Å²) in [5.74, 6) is 0. The summed E-state index contributed by atoms with van der Waals surface area (Å²) in [6, 6.07) is 8.91. The van der Waals surface area contributed by atoms with Crippen LogP contribution in [0.4, 0.5) is 0 Å². The molecule has 0 saturated carbocycles. The van der Waals surface area contributed by atoms with Gasteiger partial charge in [-0.1, -0.05) is 41.9 Å². The summed E-state index contributed by atoms with van der Waals surface area (Å²) >= 11 is 9.03. The summed E-state index contributed by atoms with van der Waals surface area (Å²) in [5, 5.41) is 3.16. The Balaban J connectivity index is 2.75. The van der Waals surface area contributed by atoms with Crippen LogP contribution in [0.5, 0.6) is 0 Å². The van der Waals surface area contributed by atoms with E-state index >= 15 is 0 Å². The quantitative estimate of drug-likeness (QED) is 0.655. The predicted octanol–water partition coefficient (Wildman–Crippen LogP) is 3.51. The Hall–Kier alpha value is -0.0500. The molecule has 0 fully saturated rings. The second-order valence-corrected chi connectivity index (χ2v) is 5.13. The van der Waals surface area contributed by atoms with Crippen molar-refractivity contribution in [3.05, 3.63) is 34.3 Å². The normalized spacial score (nSPS) is 11.7. The van der Waals surface area contributed by atoms with Gasteiger partial charge in [-0.3, -0.25) is 0 Å². The summed E-state index contributed by atoms with van der Waals surface area (Å²) < 4.78 is 1.11. The first-order chi connectivity index (χ1) is 6.56. The largest absolute Gasteiger partial charge is 0.303 e. The smallest absolute Gasteiger partial charge is 0.0713 e. The molecule has 0 unspecified atom stereocenters. The number of rotatable bonds is 4. The number of hydrogen-bond acceptors (Lipinski definition) is 1. The van der Waals surface area contributed by atoms with Crippen LogP contribution in [-0.2, 0) is 5.41 Å². The third-order valence-corrected chi connectivity index (χ3v) is 3.00. The molecule has 1 aromatic rings. The van der Waals surface area contributed by atoms with Gasteiger partial charge in [-0.15, -0.1) is 11.6 Å². The van der Waals surface area contributed by atoms with Crippen molar-refractivity contribution >= 4 is 27.5 Å². The van der Waals surface area contributed by atoms with Crippen LogP contribution in [0.1, 0.15) is 19.4 Å². The van der Waals surface area contributed by atoms with Crippen molar-refractivity contribution in [1.82, 2.24) is 5.32 Å². The van der Waals surface area contributed by atoms with Crippen LogP contribution in [-0.4, -0.2) is 12.5 Å². The molecule has 0 spiro atoms. The van der Waals surface area contributed by atoms with Crippen molar-refractivity contribution in [2.45, 2.75) is 19.3 Å². The molecule has 3 heteroatoms. The van der Waals surface area contributed by atoms with Gasteiger partial charge in [-0.2, -0.15) is 0 Å². The van der Waals surface area contributed by atoms with Gasteiger partial charge in [0.05, 0.1) is 6.00 Å². The topological polar surface area (TPSA) is 12.0 Å². The second-order valence-electron chi connectivity index (χ2n) is 3.95. The molecule has 1 rings (SSSR count). The zero-order valence-electron chi connectivity index (χ0n) is 8.48. The summed E-state index contributed by atoms with van der Waals surface area (Å²) in [6.45, 7) is 5.30. The van der Waals surface area contributed by atoms with Gasteiger partial charge in [-0.25, -0.2) is 0 Å². The van der Waals surface area contributed by atoms with E-state index in [1.807, 2.05) is 0 Å². The average molecular weight is 277 g/mol. The minimum absolute atomic E-state index is 0.121. The van der Waals surface area contributed by atoms with E-state index in [0.717, 1.165) is 11.0 Å². The Morgan fingerprint density at radius 1 is 1.29 bits per heavy atom. The molecule has 0 amide bonds. The lowest BCUT2D eigenvalue weighted by Gasteiger charge is -2.25. The molecule has 14 heavy (non-hydrogen) atoms. The molecule has 0 aliphatic heterocycles. The zero-order chi connectivity index (χ0) is 10.6. The van der Waals surface area contributed by atoms with Crippen LogP contribution >= 0.6 is 27.5 Å². The molecular formula is C11H15BrClN. The number of alkyl halides is 1. The second kappa shape index (κ2) is 5.15. The minimum Gasteiger partial charge on any atom is -0.303 e. The lowest BCUT2D eigenvalue weighted by Crippen LogP contribution is -2.32. The third-order valence-electron chi connectivity index (χ3n) is 2.29. The number of nitrogens with one attached hydrogen (secondary N) is 1. The molecule has 0 aromatic heterocycles. The standard InChI is InChI=1S/C11H15BrClN/c1-11(2,7-14-8-13)9-3-5-10(12)6-4-9/h3-6,14H,7-8H2,1-2H3. The molecule has 0 saturated heterocycles. The monoisotopic (exact) mass is 275 g/mol. The first kappa shape index (κ1) is 12.0. The van der Waals surface area contributed by atoms with Crippen molar-refractivity contribution in [2.75, 3.05) is 12.5 Å². The minimum atomic E-state index is 0.121. The fraction of sp³-hybridized carbons (Fsp3) is 0.455. The molecule has 1 aromatic carbocycles. The molecule has 0 atom stereocenters. The van der Waals surface area contributed by atoms with Gasteiger partial charge in [0.1, 0.15) is 0 Å². The highest BCUT2D eigenvalue weighted by molar-refractivity contribution is 9.10. The van der Waals surface area contributed by atoms with Crippen LogP contribution in [0, 0.1) is 0 Å². The van der Waals surface area contributed by atoms with Crippen molar-refractivity contribution in [2.24, 2.45) is 0 Å². The fourth-order valence-corrected chi connectivity index (χ4v) is 1.72. The molecule has 78 valence electrons. The SMILES string of the molecule is CC(C)(CNCCl)c1ccc(Br)cc1. The molecule has 0 radical (unpaired) electrons. The molecule has 0 bridgehead atoms. The molecular weight excluding hydrogens is 261 g/mol. The van der Waals surface area contributed by atoms with Gasteiger partial charge in [0.25, 0.3) is 0 Å². The van der Waals surface area contributed by atoms with Gasteiger partial charge >= 0.3 is 0 Å². The van der Waals surface area contributed by atoms with E-state index < -0.39 is 0 Å². The van der Waals surface area contributed by atoms with Crippen LogP contribution in [0.25, 0.3) is 0 Å². The van der Waals surface area contributed by atoms with E-state index in [1.165, 1.54) is 5.56 Å². The van der Waals surface area contributed by atoms with E-state index in [9.17, 15) is 0 Å². The van der Waals surface area contributed by atoms with Crippen LogP contribution in [0.3, 0.4) is 0 Å². The number of benzene rings is 1. The third kappa shape index (κ3) is 3.26. The molecule has 0 aliphatic rings. The van der Waals surface area contributed by atoms with Crippen molar-refractivity contribution in [1.29, 1.82) is 0 Å². The van der Waals surface area contributed by atoms with E-state index in [-0.39, 0.29) is 5.41 Å². The highest BCUT2D eigenvalue weighted by Crippen LogP contribution is 2.23. The van der Waals surface area contributed by atoms with Crippen molar-refractivity contribution in [3.8, 4) is 0 Å². The first-order valence-corrected chi connectivity index (χ1v) is 5.92. The molecule has 1 nitrogen and oxygen atoms in total. The average Bonchev–Trinajstić information content (AvgIpc) is 2.16. The summed E-state index contributed by atoms with van der Waals surface area (Å²) in [7, 11) is 0. The van der Waals surface area contributed by atoms with Crippen LogP contribution < -0.4 is 5.32 Å². The van der Waals surface area contributed by atoms with Crippen molar-refractivity contribution in [3.63, 3.8) is 0 Å².